The van der Waals surface area contributed by atoms with Crippen molar-refractivity contribution in [3.8, 4) is 21.7 Å². The molecular weight excluding hydrogens is 723 g/mol. The van der Waals surface area contributed by atoms with Crippen LogP contribution in [0.15, 0.2) is 60.8 Å². The number of halogens is 1. The van der Waals surface area contributed by atoms with Gasteiger partial charge < -0.3 is 33.7 Å². The molecule has 0 fully saturated rings. The number of rotatable bonds is 21. The van der Waals surface area contributed by atoms with Gasteiger partial charge in [0.25, 0.3) is 0 Å². The van der Waals surface area contributed by atoms with E-state index in [2.05, 4.69) is 45.8 Å². The number of hydrogen-bond donors (Lipinski definition) is 1. The lowest BCUT2D eigenvalue weighted by Gasteiger charge is -2.19. The minimum absolute atomic E-state index is 0.199. The van der Waals surface area contributed by atoms with Crippen molar-refractivity contribution in [1.82, 2.24) is 9.97 Å². The molecule has 1 N–H and O–H groups in total. The van der Waals surface area contributed by atoms with Gasteiger partial charge in [0.1, 0.15) is 10.8 Å². The van der Waals surface area contributed by atoms with Crippen LogP contribution in [0.25, 0.3) is 31.9 Å². The van der Waals surface area contributed by atoms with E-state index in [4.69, 9.17) is 28.7 Å². The van der Waals surface area contributed by atoms with Gasteiger partial charge in [-0.1, -0.05) is 46.9 Å². The number of thiazole rings is 1. The number of pyridine rings is 1. The molecule has 0 aliphatic heterocycles. The summed E-state index contributed by atoms with van der Waals surface area (Å²) < 4.78 is 29.3. The van der Waals surface area contributed by atoms with E-state index in [0.29, 0.717) is 58.5 Å². The summed E-state index contributed by atoms with van der Waals surface area (Å²) in [6.07, 6.45) is 0.835. The topological polar surface area (TPSA) is 116 Å². The quantitative estimate of drug-likeness (QED) is 0.0607. The van der Waals surface area contributed by atoms with Gasteiger partial charge in [-0.05, 0) is 35.9 Å². The Hall–Kier alpha value is -2.92. The van der Waals surface area contributed by atoms with Crippen molar-refractivity contribution >= 4 is 61.7 Å². The second-order valence-corrected chi connectivity index (χ2v) is 12.3. The standard InChI is InChI=1S/C33H41IN4O7S/c1-37(2)31-10-7-27(24-35-31)25-3-5-26(6-4-25)32-36-29-9-8-28(23-30(29)46-32)38(33(39)40)12-14-42-16-18-44-20-22-45-21-19-43-17-15-41-13-11-34/h3-10,23-24H,11-22H2,1-2H3,(H,39,40). The molecule has 0 bridgehead atoms. The summed E-state index contributed by atoms with van der Waals surface area (Å²) in [7, 11) is 3.93. The number of carboxylic acid groups (broad SMARTS) is 1. The molecule has 1 amide bonds. The molecule has 0 spiro atoms. The van der Waals surface area contributed by atoms with E-state index in [1.165, 1.54) is 16.2 Å². The predicted octanol–water partition coefficient (Wildman–Crippen LogP) is 6.09. The molecule has 4 aromatic rings. The Balaban J connectivity index is 1.18. The Morgan fingerprint density at radius 3 is 1.87 bits per heavy atom. The highest BCUT2D eigenvalue weighted by Crippen LogP contribution is 2.34. The minimum atomic E-state index is -1.04. The number of amides is 1. The molecule has 13 heteroatoms. The van der Waals surface area contributed by atoms with Gasteiger partial charge in [0.2, 0.25) is 0 Å². The number of nitrogens with zero attached hydrogens (tertiary/aromatic N) is 4. The highest BCUT2D eigenvalue weighted by Gasteiger charge is 2.16. The van der Waals surface area contributed by atoms with Crippen LogP contribution in [0, 0.1) is 0 Å². The fraction of sp³-hybridized carbons (Fsp3) is 0.424. The maximum Gasteiger partial charge on any atom is 0.411 e. The van der Waals surface area contributed by atoms with Gasteiger partial charge in [0.05, 0.1) is 82.8 Å². The number of hydrogen-bond acceptors (Lipinski definition) is 10. The number of fused-ring (bicyclic) bond motifs is 1. The molecule has 46 heavy (non-hydrogen) atoms. The van der Waals surface area contributed by atoms with Gasteiger partial charge in [-0.15, -0.1) is 11.3 Å². The van der Waals surface area contributed by atoms with Crippen molar-refractivity contribution in [3.63, 3.8) is 0 Å². The van der Waals surface area contributed by atoms with Crippen LogP contribution in [-0.4, -0.2) is 112 Å². The third kappa shape index (κ3) is 11.4. The molecule has 0 saturated heterocycles. The molecule has 2 heterocycles. The molecule has 0 atom stereocenters. The van der Waals surface area contributed by atoms with E-state index in [0.717, 1.165) is 48.8 Å². The fourth-order valence-corrected chi connectivity index (χ4v) is 5.67. The normalized spacial score (nSPS) is 11.3. The lowest BCUT2D eigenvalue weighted by Crippen LogP contribution is -2.32. The zero-order valence-corrected chi connectivity index (χ0v) is 29.2. The zero-order valence-electron chi connectivity index (χ0n) is 26.2. The summed E-state index contributed by atoms with van der Waals surface area (Å²) in [5, 5.41) is 10.7. The maximum absolute atomic E-state index is 12.1. The van der Waals surface area contributed by atoms with E-state index >= 15 is 0 Å². The number of aromatic nitrogens is 2. The van der Waals surface area contributed by atoms with E-state index in [9.17, 15) is 9.90 Å². The van der Waals surface area contributed by atoms with Crippen LogP contribution in [0.2, 0.25) is 0 Å². The van der Waals surface area contributed by atoms with Crippen molar-refractivity contribution < 1.29 is 33.6 Å². The Labute approximate surface area is 287 Å². The van der Waals surface area contributed by atoms with Gasteiger partial charge >= 0.3 is 6.09 Å². The fourth-order valence-electron chi connectivity index (χ4n) is 4.36. The minimum Gasteiger partial charge on any atom is -0.465 e. The second kappa shape index (κ2) is 19.7. The Bertz CT molecular complexity index is 1470. The van der Waals surface area contributed by atoms with Crippen LogP contribution in [0.1, 0.15) is 0 Å². The third-order valence-corrected chi connectivity index (χ3v) is 8.26. The average Bonchev–Trinajstić information content (AvgIpc) is 3.50. The largest absolute Gasteiger partial charge is 0.465 e. The molecule has 0 aliphatic rings. The molecule has 248 valence electrons. The molecule has 4 rings (SSSR count). The summed E-state index contributed by atoms with van der Waals surface area (Å²) in [4.78, 5) is 24.6. The number of alkyl halides is 1. The van der Waals surface area contributed by atoms with Crippen molar-refractivity contribution in [2.45, 2.75) is 0 Å². The number of carbonyl (C=O) groups is 1. The van der Waals surface area contributed by atoms with Crippen LogP contribution in [0.4, 0.5) is 16.3 Å². The molecule has 11 nitrogen and oxygen atoms in total. The van der Waals surface area contributed by atoms with E-state index in [1.54, 1.807) is 6.07 Å². The third-order valence-electron chi connectivity index (χ3n) is 6.75. The summed E-state index contributed by atoms with van der Waals surface area (Å²) in [5.41, 5.74) is 4.52. The van der Waals surface area contributed by atoms with Crippen LogP contribution in [-0.2, 0) is 23.7 Å². The lowest BCUT2D eigenvalue weighted by molar-refractivity contribution is -0.00947. The van der Waals surface area contributed by atoms with Crippen molar-refractivity contribution in [2.24, 2.45) is 0 Å². The summed E-state index contributed by atoms with van der Waals surface area (Å²) in [5.74, 6) is 0.910. The Morgan fingerprint density at radius 1 is 0.761 bits per heavy atom. The summed E-state index contributed by atoms with van der Waals surface area (Å²) in [6, 6.07) is 17.8. The number of benzene rings is 2. The Morgan fingerprint density at radius 2 is 1.33 bits per heavy atom. The Kier molecular flexibility index (Phi) is 15.4. The first-order valence-electron chi connectivity index (χ1n) is 15.1. The van der Waals surface area contributed by atoms with Crippen molar-refractivity contribution in [1.29, 1.82) is 0 Å². The molecule has 0 aliphatic carbocycles. The first-order valence-corrected chi connectivity index (χ1v) is 17.4. The van der Waals surface area contributed by atoms with E-state index < -0.39 is 6.09 Å². The van der Waals surface area contributed by atoms with Crippen LogP contribution in [0.5, 0.6) is 0 Å². The van der Waals surface area contributed by atoms with Crippen LogP contribution < -0.4 is 9.80 Å². The van der Waals surface area contributed by atoms with Gasteiger partial charge in [-0.25, -0.2) is 14.8 Å². The predicted molar refractivity (Wildman–Crippen MR) is 191 cm³/mol. The highest BCUT2D eigenvalue weighted by molar-refractivity contribution is 14.1. The average molecular weight is 765 g/mol. The molecule has 2 aromatic carbocycles. The highest BCUT2D eigenvalue weighted by atomic mass is 127. The smallest absolute Gasteiger partial charge is 0.411 e. The molecule has 0 radical (unpaired) electrons. The van der Waals surface area contributed by atoms with Crippen molar-refractivity contribution in [2.75, 3.05) is 101 Å². The molecule has 0 saturated carbocycles. The monoisotopic (exact) mass is 764 g/mol. The zero-order chi connectivity index (χ0) is 32.6. The number of anilines is 2. The van der Waals surface area contributed by atoms with Gasteiger partial charge in [0.15, 0.2) is 0 Å². The van der Waals surface area contributed by atoms with Gasteiger partial charge in [-0.2, -0.15) is 0 Å². The van der Waals surface area contributed by atoms with E-state index in [1.807, 2.05) is 55.5 Å². The molecule has 0 unspecified atom stereocenters. The second-order valence-electron chi connectivity index (χ2n) is 10.2. The van der Waals surface area contributed by atoms with Crippen LogP contribution >= 0.6 is 33.9 Å². The first kappa shape index (κ1) is 35.9. The number of ether oxygens (including phenoxy) is 5. The SMILES string of the molecule is CN(C)c1ccc(-c2ccc(-c3nc4ccc(N(CCOCCOCCOCCOCCOCCI)C(=O)O)cc4s3)cc2)cn1. The van der Waals surface area contributed by atoms with Crippen LogP contribution in [0.3, 0.4) is 0 Å². The summed E-state index contributed by atoms with van der Waals surface area (Å²) in [6.45, 7) is 5.06. The lowest BCUT2D eigenvalue weighted by atomic mass is 10.1. The van der Waals surface area contributed by atoms with Gasteiger partial charge in [0, 0.05) is 41.5 Å². The first-order chi connectivity index (χ1) is 22.5. The van der Waals surface area contributed by atoms with E-state index in [-0.39, 0.29) is 13.2 Å². The van der Waals surface area contributed by atoms with Gasteiger partial charge in [-0.3, -0.25) is 4.90 Å². The molecule has 2 aromatic heterocycles. The maximum atomic E-state index is 12.1. The van der Waals surface area contributed by atoms with Crippen molar-refractivity contribution in [3.05, 3.63) is 60.8 Å². The summed E-state index contributed by atoms with van der Waals surface area (Å²) >= 11 is 3.80. The molecular formula is C33H41IN4O7S.